The van der Waals surface area contributed by atoms with Gasteiger partial charge in [0.05, 0.1) is 0 Å². The standard InChI is InChI=1S/C7H14N2/c1-8-5-7-3-4-9(2)6-7/h7H,1,3-6H2,2H3. The molecule has 0 N–H and O–H groups in total. The number of nitrogens with zero attached hydrogens (tertiary/aromatic N) is 2. The van der Waals surface area contributed by atoms with Crippen molar-refractivity contribution in [1.29, 1.82) is 0 Å². The molecular weight excluding hydrogens is 112 g/mol. The zero-order valence-electron chi connectivity index (χ0n) is 6.01. The quantitative estimate of drug-likeness (QED) is 0.496. The molecule has 1 fully saturated rings. The van der Waals surface area contributed by atoms with Crippen molar-refractivity contribution < 1.29 is 0 Å². The summed E-state index contributed by atoms with van der Waals surface area (Å²) in [6.07, 6.45) is 1.30. The van der Waals surface area contributed by atoms with Gasteiger partial charge >= 0.3 is 0 Å². The van der Waals surface area contributed by atoms with Gasteiger partial charge in [0.1, 0.15) is 0 Å². The highest BCUT2D eigenvalue weighted by atomic mass is 15.1. The van der Waals surface area contributed by atoms with Crippen LogP contribution in [0.25, 0.3) is 0 Å². The van der Waals surface area contributed by atoms with Crippen LogP contribution in [-0.4, -0.2) is 38.3 Å². The molecule has 1 saturated heterocycles. The van der Waals surface area contributed by atoms with Crippen molar-refractivity contribution in [3.63, 3.8) is 0 Å². The normalized spacial score (nSPS) is 28.8. The van der Waals surface area contributed by atoms with Gasteiger partial charge in [-0.05, 0) is 32.6 Å². The Morgan fingerprint density at radius 2 is 2.56 bits per heavy atom. The predicted molar refractivity (Wildman–Crippen MR) is 40.0 cm³/mol. The number of hydrogen-bond donors (Lipinski definition) is 0. The summed E-state index contributed by atoms with van der Waals surface area (Å²) >= 11 is 0. The molecular formula is C7H14N2. The Labute approximate surface area is 56.6 Å². The maximum atomic E-state index is 3.88. The Morgan fingerprint density at radius 3 is 3.00 bits per heavy atom. The van der Waals surface area contributed by atoms with E-state index in [1.54, 1.807) is 0 Å². The van der Waals surface area contributed by atoms with Crippen molar-refractivity contribution in [2.75, 3.05) is 26.7 Å². The smallest absolute Gasteiger partial charge is 0.0423 e. The van der Waals surface area contributed by atoms with Gasteiger partial charge in [-0.2, -0.15) is 0 Å². The lowest BCUT2D eigenvalue weighted by Gasteiger charge is -2.05. The lowest BCUT2D eigenvalue weighted by atomic mass is 10.1. The second-order valence-corrected chi connectivity index (χ2v) is 2.82. The van der Waals surface area contributed by atoms with Crippen LogP contribution in [0.2, 0.25) is 0 Å². The van der Waals surface area contributed by atoms with Crippen LogP contribution in [0.4, 0.5) is 0 Å². The molecule has 0 aromatic rings. The number of hydrogen-bond acceptors (Lipinski definition) is 2. The highest BCUT2D eigenvalue weighted by molar-refractivity contribution is 5.23. The Bertz CT molecular complexity index is 101. The average molecular weight is 126 g/mol. The number of rotatable bonds is 2. The summed E-state index contributed by atoms with van der Waals surface area (Å²) in [4.78, 5) is 6.22. The minimum absolute atomic E-state index is 0.785. The average Bonchev–Trinajstić information content (AvgIpc) is 2.17. The van der Waals surface area contributed by atoms with E-state index in [-0.39, 0.29) is 0 Å². The van der Waals surface area contributed by atoms with Crippen molar-refractivity contribution in [1.82, 2.24) is 4.90 Å². The molecule has 1 aliphatic heterocycles. The van der Waals surface area contributed by atoms with E-state index in [0.717, 1.165) is 12.5 Å². The first-order valence-corrected chi connectivity index (χ1v) is 3.44. The second kappa shape index (κ2) is 2.97. The van der Waals surface area contributed by atoms with Crippen molar-refractivity contribution in [3.05, 3.63) is 0 Å². The van der Waals surface area contributed by atoms with Crippen LogP contribution >= 0.6 is 0 Å². The van der Waals surface area contributed by atoms with Gasteiger partial charge in [0.2, 0.25) is 0 Å². The molecule has 0 saturated carbocycles. The van der Waals surface area contributed by atoms with Crippen LogP contribution in [0.3, 0.4) is 0 Å². The number of aliphatic imine (C=N–C) groups is 1. The molecule has 1 unspecified atom stereocenters. The lowest BCUT2D eigenvalue weighted by molar-refractivity contribution is 0.397. The first-order valence-electron chi connectivity index (χ1n) is 3.44. The largest absolute Gasteiger partial charge is 0.306 e. The highest BCUT2D eigenvalue weighted by Gasteiger charge is 2.17. The molecule has 0 spiro atoms. The van der Waals surface area contributed by atoms with Gasteiger partial charge in [-0.25, -0.2) is 0 Å². The zero-order chi connectivity index (χ0) is 6.69. The summed E-state index contributed by atoms with van der Waals surface area (Å²) in [5, 5.41) is 0. The summed E-state index contributed by atoms with van der Waals surface area (Å²) in [6.45, 7) is 6.87. The van der Waals surface area contributed by atoms with Crippen LogP contribution < -0.4 is 0 Å². The van der Waals surface area contributed by atoms with Crippen molar-refractivity contribution in [2.24, 2.45) is 10.9 Å². The van der Waals surface area contributed by atoms with Gasteiger partial charge in [-0.15, -0.1) is 0 Å². The third-order valence-electron chi connectivity index (χ3n) is 1.88. The molecule has 9 heavy (non-hydrogen) atoms. The first-order chi connectivity index (χ1) is 4.33. The van der Waals surface area contributed by atoms with E-state index in [4.69, 9.17) is 0 Å². The van der Waals surface area contributed by atoms with Crippen LogP contribution in [0.5, 0.6) is 0 Å². The van der Waals surface area contributed by atoms with Gasteiger partial charge in [-0.1, -0.05) is 0 Å². The topological polar surface area (TPSA) is 15.6 Å². The molecule has 0 aromatic heterocycles. The molecule has 0 radical (unpaired) electrons. The van der Waals surface area contributed by atoms with E-state index in [0.29, 0.717) is 0 Å². The summed E-state index contributed by atoms with van der Waals surface area (Å²) < 4.78 is 0. The van der Waals surface area contributed by atoms with Gasteiger partial charge in [-0.3, -0.25) is 0 Å². The van der Waals surface area contributed by atoms with Crippen molar-refractivity contribution >= 4 is 6.72 Å². The zero-order valence-corrected chi connectivity index (χ0v) is 6.01. The van der Waals surface area contributed by atoms with E-state index in [1.807, 2.05) is 0 Å². The molecule has 0 amide bonds. The van der Waals surface area contributed by atoms with Crippen molar-refractivity contribution in [3.8, 4) is 0 Å². The predicted octanol–water partition coefficient (Wildman–Crippen LogP) is 0.639. The maximum Gasteiger partial charge on any atom is 0.0423 e. The van der Waals surface area contributed by atoms with E-state index in [1.165, 1.54) is 19.5 Å². The molecule has 0 aliphatic carbocycles. The van der Waals surface area contributed by atoms with Gasteiger partial charge in [0.15, 0.2) is 0 Å². The Balaban J connectivity index is 2.21. The Kier molecular flexibility index (Phi) is 2.22. The van der Waals surface area contributed by atoms with E-state index in [2.05, 4.69) is 23.7 Å². The monoisotopic (exact) mass is 126 g/mol. The van der Waals surface area contributed by atoms with Crippen LogP contribution in [0.15, 0.2) is 4.99 Å². The first kappa shape index (κ1) is 6.75. The SMILES string of the molecule is C=NCC1CCN(C)C1. The molecule has 2 heteroatoms. The van der Waals surface area contributed by atoms with E-state index >= 15 is 0 Å². The summed E-state index contributed by atoms with van der Waals surface area (Å²) in [5.74, 6) is 0.785. The fourth-order valence-corrected chi connectivity index (χ4v) is 1.36. The number of likely N-dealkylation sites (tertiary alicyclic amines) is 1. The van der Waals surface area contributed by atoms with Crippen molar-refractivity contribution in [2.45, 2.75) is 6.42 Å². The lowest BCUT2D eigenvalue weighted by Crippen LogP contribution is -2.14. The molecule has 52 valence electrons. The molecule has 1 rings (SSSR count). The van der Waals surface area contributed by atoms with Gasteiger partial charge in [0, 0.05) is 13.1 Å². The molecule has 2 nitrogen and oxygen atoms in total. The summed E-state index contributed by atoms with van der Waals surface area (Å²) in [7, 11) is 2.16. The Morgan fingerprint density at radius 1 is 1.78 bits per heavy atom. The van der Waals surface area contributed by atoms with Crippen LogP contribution in [0.1, 0.15) is 6.42 Å². The third kappa shape index (κ3) is 1.79. The molecule has 0 aromatic carbocycles. The fourth-order valence-electron chi connectivity index (χ4n) is 1.36. The summed E-state index contributed by atoms with van der Waals surface area (Å²) in [6, 6.07) is 0. The Hall–Kier alpha value is -0.370. The highest BCUT2D eigenvalue weighted by Crippen LogP contribution is 2.13. The minimum atomic E-state index is 0.785. The second-order valence-electron chi connectivity index (χ2n) is 2.82. The van der Waals surface area contributed by atoms with Crippen LogP contribution in [0, 0.1) is 5.92 Å². The van der Waals surface area contributed by atoms with E-state index < -0.39 is 0 Å². The van der Waals surface area contributed by atoms with Crippen LogP contribution in [-0.2, 0) is 0 Å². The summed E-state index contributed by atoms with van der Waals surface area (Å²) in [5.41, 5.74) is 0. The molecule has 0 bridgehead atoms. The van der Waals surface area contributed by atoms with E-state index in [9.17, 15) is 0 Å². The third-order valence-corrected chi connectivity index (χ3v) is 1.88. The maximum absolute atomic E-state index is 3.88. The minimum Gasteiger partial charge on any atom is -0.306 e. The molecule has 1 aliphatic rings. The fraction of sp³-hybridized carbons (Fsp3) is 0.857. The molecule has 1 atom stereocenters. The van der Waals surface area contributed by atoms with Gasteiger partial charge in [0.25, 0.3) is 0 Å². The van der Waals surface area contributed by atoms with Gasteiger partial charge < -0.3 is 9.89 Å². The molecule has 1 heterocycles.